The molecule has 0 radical (unpaired) electrons. The summed E-state index contributed by atoms with van der Waals surface area (Å²) in [4.78, 5) is 19.1. The van der Waals surface area contributed by atoms with E-state index in [-0.39, 0.29) is 18.1 Å². The van der Waals surface area contributed by atoms with Gasteiger partial charge in [0.25, 0.3) is 0 Å². The standard InChI is InChI=1S/C24H37Cl2N3O3/c1-24(2,3)32-23(31)27(4)14-18(17-5-6-21(25)22(26)13-17)7-10-28-15-19(16-28)29-11-8-20(30)9-12-29/h5-6,13,18-20,30H,7-12,14-16H2,1-4H3/t18-/m1/s1. The largest absolute Gasteiger partial charge is 0.444 e. The van der Waals surface area contributed by atoms with Gasteiger partial charge in [-0.2, -0.15) is 0 Å². The van der Waals surface area contributed by atoms with E-state index in [1.165, 1.54) is 0 Å². The molecule has 2 aliphatic heterocycles. The summed E-state index contributed by atoms with van der Waals surface area (Å²) in [5.74, 6) is 0.131. The van der Waals surface area contributed by atoms with Crippen molar-refractivity contribution in [1.29, 1.82) is 0 Å². The quantitative estimate of drug-likeness (QED) is 0.616. The van der Waals surface area contributed by atoms with Crippen molar-refractivity contribution in [2.75, 3.05) is 46.3 Å². The van der Waals surface area contributed by atoms with Gasteiger partial charge in [-0.3, -0.25) is 4.90 Å². The number of benzene rings is 1. The highest BCUT2D eigenvalue weighted by Crippen LogP contribution is 2.30. The second-order valence-corrected chi connectivity index (χ2v) is 11.0. The zero-order valence-corrected chi connectivity index (χ0v) is 21.2. The van der Waals surface area contributed by atoms with Crippen LogP contribution in [0.15, 0.2) is 18.2 Å². The number of likely N-dealkylation sites (tertiary alicyclic amines) is 2. The van der Waals surface area contributed by atoms with Crippen molar-refractivity contribution in [3.05, 3.63) is 33.8 Å². The molecule has 8 heteroatoms. The SMILES string of the molecule is CN(C[C@@H](CCN1CC(N2CCC(O)CC2)C1)c1ccc(Cl)c(Cl)c1)C(=O)OC(C)(C)C. The van der Waals surface area contributed by atoms with Crippen LogP contribution in [0.25, 0.3) is 0 Å². The summed E-state index contributed by atoms with van der Waals surface area (Å²) in [6.45, 7) is 11.2. The molecule has 0 saturated carbocycles. The van der Waals surface area contributed by atoms with E-state index < -0.39 is 5.60 Å². The maximum absolute atomic E-state index is 12.5. The van der Waals surface area contributed by atoms with Crippen LogP contribution in [0, 0.1) is 0 Å². The molecule has 0 bridgehead atoms. The third kappa shape index (κ3) is 7.22. The first-order valence-electron chi connectivity index (χ1n) is 11.6. The number of hydrogen-bond donors (Lipinski definition) is 1. The van der Waals surface area contributed by atoms with E-state index in [2.05, 4.69) is 9.80 Å². The highest BCUT2D eigenvalue weighted by Gasteiger charge is 2.34. The van der Waals surface area contributed by atoms with Crippen molar-refractivity contribution in [3.63, 3.8) is 0 Å². The zero-order valence-electron chi connectivity index (χ0n) is 19.7. The van der Waals surface area contributed by atoms with E-state index in [1.807, 2.05) is 39.0 Å². The molecule has 3 rings (SSSR count). The number of nitrogens with zero attached hydrogens (tertiary/aromatic N) is 3. The summed E-state index contributed by atoms with van der Waals surface area (Å²) in [5, 5.41) is 10.8. The normalized spacial score (nSPS) is 20.1. The van der Waals surface area contributed by atoms with Crippen molar-refractivity contribution in [2.24, 2.45) is 0 Å². The van der Waals surface area contributed by atoms with E-state index in [0.29, 0.717) is 22.6 Å². The predicted octanol–water partition coefficient (Wildman–Crippen LogP) is 4.47. The van der Waals surface area contributed by atoms with Gasteiger partial charge in [-0.05, 0) is 64.3 Å². The van der Waals surface area contributed by atoms with Crippen LogP contribution in [-0.4, -0.2) is 90.0 Å². The van der Waals surface area contributed by atoms with Crippen molar-refractivity contribution in [3.8, 4) is 0 Å². The molecule has 32 heavy (non-hydrogen) atoms. The molecule has 0 aromatic heterocycles. The second kappa shape index (κ2) is 10.9. The number of rotatable bonds is 7. The number of carbonyl (C=O) groups excluding carboxylic acids is 1. The first kappa shape index (κ1) is 25.6. The lowest BCUT2D eigenvalue weighted by atomic mass is 9.93. The van der Waals surface area contributed by atoms with Gasteiger partial charge < -0.3 is 19.6 Å². The molecule has 2 heterocycles. The highest BCUT2D eigenvalue weighted by atomic mass is 35.5. The van der Waals surface area contributed by atoms with Gasteiger partial charge in [-0.15, -0.1) is 0 Å². The Labute approximate surface area is 202 Å². The molecule has 2 saturated heterocycles. The molecular formula is C24H37Cl2N3O3. The lowest BCUT2D eigenvalue weighted by Crippen LogP contribution is -2.61. The van der Waals surface area contributed by atoms with E-state index in [0.717, 1.165) is 57.5 Å². The Morgan fingerprint density at radius 2 is 1.88 bits per heavy atom. The van der Waals surface area contributed by atoms with Crippen LogP contribution in [0.1, 0.15) is 51.5 Å². The zero-order chi connectivity index (χ0) is 23.5. The molecule has 1 aromatic rings. The number of halogens is 2. The average molecular weight is 486 g/mol. The Kier molecular flexibility index (Phi) is 8.72. The van der Waals surface area contributed by atoms with E-state index >= 15 is 0 Å². The van der Waals surface area contributed by atoms with Crippen LogP contribution in [0.2, 0.25) is 10.0 Å². The highest BCUT2D eigenvalue weighted by molar-refractivity contribution is 6.42. The molecule has 1 aromatic carbocycles. The minimum Gasteiger partial charge on any atom is -0.444 e. The minimum atomic E-state index is -0.526. The molecule has 1 atom stereocenters. The summed E-state index contributed by atoms with van der Waals surface area (Å²) in [7, 11) is 1.78. The van der Waals surface area contributed by atoms with Crippen LogP contribution in [0.5, 0.6) is 0 Å². The van der Waals surface area contributed by atoms with Crippen LogP contribution in [0.3, 0.4) is 0 Å². The van der Waals surface area contributed by atoms with Gasteiger partial charge in [0.15, 0.2) is 0 Å². The Hall–Kier alpha value is -1.05. The Bertz CT molecular complexity index is 772. The van der Waals surface area contributed by atoms with E-state index in [4.69, 9.17) is 27.9 Å². The van der Waals surface area contributed by atoms with E-state index in [1.54, 1.807) is 11.9 Å². The maximum Gasteiger partial charge on any atom is 0.410 e. The molecule has 0 spiro atoms. The fourth-order valence-corrected chi connectivity index (χ4v) is 4.73. The fourth-order valence-electron chi connectivity index (χ4n) is 4.42. The topological polar surface area (TPSA) is 56.2 Å². The molecule has 0 unspecified atom stereocenters. The summed E-state index contributed by atoms with van der Waals surface area (Å²) in [6, 6.07) is 6.33. The monoisotopic (exact) mass is 485 g/mol. The summed E-state index contributed by atoms with van der Waals surface area (Å²) < 4.78 is 5.53. The molecular weight excluding hydrogens is 449 g/mol. The third-order valence-corrected chi connectivity index (χ3v) is 7.10. The Morgan fingerprint density at radius 3 is 2.47 bits per heavy atom. The van der Waals surface area contributed by atoms with Crippen molar-refractivity contribution in [1.82, 2.24) is 14.7 Å². The Morgan fingerprint density at radius 1 is 1.22 bits per heavy atom. The molecule has 6 nitrogen and oxygen atoms in total. The third-order valence-electron chi connectivity index (χ3n) is 6.36. The molecule has 1 amide bonds. The van der Waals surface area contributed by atoms with E-state index in [9.17, 15) is 9.90 Å². The van der Waals surface area contributed by atoms with Crippen molar-refractivity contribution in [2.45, 2.75) is 63.7 Å². The van der Waals surface area contributed by atoms with Crippen molar-refractivity contribution >= 4 is 29.3 Å². The van der Waals surface area contributed by atoms with Gasteiger partial charge in [0.1, 0.15) is 5.60 Å². The van der Waals surface area contributed by atoms with Gasteiger partial charge >= 0.3 is 6.09 Å². The maximum atomic E-state index is 12.5. The smallest absolute Gasteiger partial charge is 0.410 e. The number of carbonyl (C=O) groups is 1. The van der Waals surface area contributed by atoms with Crippen molar-refractivity contribution < 1.29 is 14.6 Å². The van der Waals surface area contributed by atoms with Crippen LogP contribution >= 0.6 is 23.2 Å². The van der Waals surface area contributed by atoms with Gasteiger partial charge in [0.2, 0.25) is 0 Å². The Balaban J connectivity index is 1.57. The van der Waals surface area contributed by atoms with Crippen LogP contribution in [-0.2, 0) is 4.74 Å². The van der Waals surface area contributed by atoms with Crippen LogP contribution in [0.4, 0.5) is 4.79 Å². The van der Waals surface area contributed by atoms with Crippen LogP contribution < -0.4 is 0 Å². The second-order valence-electron chi connectivity index (χ2n) is 10.2. The number of hydrogen-bond acceptors (Lipinski definition) is 5. The number of aliphatic hydroxyl groups is 1. The summed E-state index contributed by atoms with van der Waals surface area (Å²) in [6.07, 6.45) is 2.23. The predicted molar refractivity (Wildman–Crippen MR) is 130 cm³/mol. The number of aliphatic hydroxyl groups excluding tert-OH is 1. The number of likely N-dealkylation sites (N-methyl/N-ethyl adjacent to an activating group) is 1. The van der Waals surface area contributed by atoms with Gasteiger partial charge in [-0.25, -0.2) is 4.79 Å². The average Bonchev–Trinajstić information content (AvgIpc) is 2.67. The number of ether oxygens (including phenoxy) is 1. The number of piperidine rings is 1. The molecule has 0 aliphatic carbocycles. The summed E-state index contributed by atoms with van der Waals surface area (Å²) >= 11 is 12.4. The lowest BCUT2D eigenvalue weighted by molar-refractivity contribution is -0.00568. The first-order chi connectivity index (χ1) is 15.0. The molecule has 2 fully saturated rings. The van der Waals surface area contributed by atoms with Gasteiger partial charge in [-0.1, -0.05) is 29.3 Å². The molecule has 1 N–H and O–H groups in total. The molecule has 180 valence electrons. The minimum absolute atomic E-state index is 0.128. The van der Waals surface area contributed by atoms with Gasteiger partial charge in [0, 0.05) is 51.7 Å². The number of amides is 1. The van der Waals surface area contributed by atoms with Gasteiger partial charge in [0.05, 0.1) is 16.1 Å². The first-order valence-corrected chi connectivity index (χ1v) is 12.3. The summed E-state index contributed by atoms with van der Waals surface area (Å²) in [5.41, 5.74) is 0.554. The lowest BCUT2D eigenvalue weighted by Gasteiger charge is -2.47. The molecule has 2 aliphatic rings. The fraction of sp³-hybridized carbons (Fsp3) is 0.708.